The molecule has 108 valence electrons. The monoisotopic (exact) mass is 283 g/mol. The van der Waals surface area contributed by atoms with Crippen molar-refractivity contribution in [3.05, 3.63) is 11.7 Å². The first-order chi connectivity index (χ1) is 8.98. The predicted octanol–water partition coefficient (Wildman–Crippen LogP) is 3.33. The predicted molar refractivity (Wildman–Crippen MR) is 79.1 cm³/mol. The van der Waals surface area contributed by atoms with E-state index < -0.39 is 0 Å². The Morgan fingerprint density at radius 1 is 1.26 bits per heavy atom. The molecule has 0 aliphatic heterocycles. The van der Waals surface area contributed by atoms with E-state index in [1.165, 1.54) is 12.8 Å². The molecule has 1 aromatic heterocycles. The van der Waals surface area contributed by atoms with Crippen LogP contribution in [-0.4, -0.2) is 21.4 Å². The molecule has 0 bridgehead atoms. The summed E-state index contributed by atoms with van der Waals surface area (Å²) in [7, 11) is 0. The Labute approximate surface area is 119 Å². The molecular formula is C14H25N3OS. The number of nitrogens with two attached hydrogens (primary N) is 1. The van der Waals surface area contributed by atoms with Crippen molar-refractivity contribution in [3.8, 4) is 0 Å². The number of aromatic nitrogens is 2. The van der Waals surface area contributed by atoms with E-state index in [2.05, 4.69) is 30.9 Å². The van der Waals surface area contributed by atoms with Crippen LogP contribution in [0, 0.1) is 5.92 Å². The lowest BCUT2D eigenvalue weighted by molar-refractivity contribution is 0.274. The lowest BCUT2D eigenvalue weighted by Gasteiger charge is -2.24. The second-order valence-corrected chi connectivity index (χ2v) is 8.21. The lowest BCUT2D eigenvalue weighted by atomic mass is 9.82. The molecule has 5 heteroatoms. The minimum Gasteiger partial charge on any atom is -0.339 e. The molecule has 0 spiro atoms. The van der Waals surface area contributed by atoms with Gasteiger partial charge in [0, 0.05) is 10.7 Å². The number of thioether (sulfide) groups is 1. The van der Waals surface area contributed by atoms with Crippen LogP contribution in [0.3, 0.4) is 0 Å². The van der Waals surface area contributed by atoms with E-state index in [0.29, 0.717) is 11.8 Å². The number of hydrogen-bond acceptors (Lipinski definition) is 5. The Kier molecular flexibility index (Phi) is 4.90. The summed E-state index contributed by atoms with van der Waals surface area (Å²) in [6.07, 6.45) is 4.65. The number of nitrogens with zero attached hydrogens (tertiary/aromatic N) is 2. The Morgan fingerprint density at radius 3 is 2.53 bits per heavy atom. The van der Waals surface area contributed by atoms with Gasteiger partial charge in [0.15, 0.2) is 5.82 Å². The average molecular weight is 283 g/mol. The quantitative estimate of drug-likeness (QED) is 0.918. The molecule has 19 heavy (non-hydrogen) atoms. The maximum atomic E-state index is 5.72. The van der Waals surface area contributed by atoms with E-state index >= 15 is 0 Å². The molecule has 0 atom stereocenters. The summed E-state index contributed by atoms with van der Waals surface area (Å²) in [6.45, 7) is 7.41. The van der Waals surface area contributed by atoms with Gasteiger partial charge in [0.05, 0.1) is 5.75 Å². The van der Waals surface area contributed by atoms with Gasteiger partial charge in [-0.15, -0.1) is 11.8 Å². The van der Waals surface area contributed by atoms with Gasteiger partial charge >= 0.3 is 0 Å². The van der Waals surface area contributed by atoms with Gasteiger partial charge in [-0.05, 0) is 38.1 Å². The molecule has 1 fully saturated rings. The van der Waals surface area contributed by atoms with Crippen molar-refractivity contribution in [2.45, 2.75) is 62.9 Å². The minimum atomic E-state index is 0.236. The molecule has 1 heterocycles. The summed E-state index contributed by atoms with van der Waals surface area (Å²) in [6, 6.07) is 0. The van der Waals surface area contributed by atoms with Gasteiger partial charge in [-0.25, -0.2) is 0 Å². The highest BCUT2D eigenvalue weighted by atomic mass is 32.2. The van der Waals surface area contributed by atoms with E-state index in [1.54, 1.807) is 0 Å². The molecule has 2 N–H and O–H groups in total. The van der Waals surface area contributed by atoms with Crippen molar-refractivity contribution in [1.82, 2.24) is 10.1 Å². The molecule has 1 aliphatic carbocycles. The molecule has 2 rings (SSSR count). The second kappa shape index (κ2) is 6.27. The lowest BCUT2D eigenvalue weighted by Crippen LogP contribution is -2.20. The first kappa shape index (κ1) is 14.9. The molecule has 0 radical (unpaired) electrons. The molecule has 1 aliphatic rings. The summed E-state index contributed by atoms with van der Waals surface area (Å²) in [5, 5.41) is 4.10. The highest BCUT2D eigenvalue weighted by molar-refractivity contribution is 7.99. The normalized spacial score (nSPS) is 24.6. The van der Waals surface area contributed by atoms with Crippen molar-refractivity contribution in [1.29, 1.82) is 0 Å². The van der Waals surface area contributed by atoms with Crippen molar-refractivity contribution in [2.24, 2.45) is 11.7 Å². The Morgan fingerprint density at radius 2 is 1.95 bits per heavy atom. The SMILES string of the molecule is CC(C)(C)SCc1noc(C2CCC(CN)CC2)n1. The van der Waals surface area contributed by atoms with Crippen molar-refractivity contribution >= 4 is 11.8 Å². The van der Waals surface area contributed by atoms with E-state index in [-0.39, 0.29) is 4.75 Å². The smallest absolute Gasteiger partial charge is 0.229 e. The fourth-order valence-corrected chi connectivity index (χ4v) is 3.10. The van der Waals surface area contributed by atoms with Gasteiger partial charge in [-0.1, -0.05) is 25.9 Å². The number of hydrogen-bond donors (Lipinski definition) is 1. The van der Waals surface area contributed by atoms with Gasteiger partial charge in [-0.2, -0.15) is 4.98 Å². The zero-order chi connectivity index (χ0) is 13.9. The van der Waals surface area contributed by atoms with Crippen LogP contribution in [0.5, 0.6) is 0 Å². The third-order valence-electron chi connectivity index (χ3n) is 3.65. The zero-order valence-corrected chi connectivity index (χ0v) is 13.0. The molecule has 0 saturated heterocycles. The van der Waals surface area contributed by atoms with E-state index in [1.807, 2.05) is 11.8 Å². The third-order valence-corrected chi connectivity index (χ3v) is 4.92. The Bertz CT molecular complexity index is 392. The largest absolute Gasteiger partial charge is 0.339 e. The van der Waals surface area contributed by atoms with Crippen molar-refractivity contribution in [2.75, 3.05) is 6.54 Å². The highest BCUT2D eigenvalue weighted by Crippen LogP contribution is 2.35. The van der Waals surface area contributed by atoms with E-state index in [0.717, 1.165) is 36.9 Å². The Hall–Kier alpha value is -0.550. The van der Waals surface area contributed by atoms with E-state index in [4.69, 9.17) is 10.3 Å². The van der Waals surface area contributed by atoms with Crippen molar-refractivity contribution in [3.63, 3.8) is 0 Å². The van der Waals surface area contributed by atoms with Crippen LogP contribution in [0.1, 0.15) is 64.1 Å². The average Bonchev–Trinajstić information content (AvgIpc) is 2.84. The molecular weight excluding hydrogens is 258 g/mol. The topological polar surface area (TPSA) is 64.9 Å². The maximum absolute atomic E-state index is 5.72. The highest BCUT2D eigenvalue weighted by Gasteiger charge is 2.26. The fraction of sp³-hybridized carbons (Fsp3) is 0.857. The molecule has 0 aromatic carbocycles. The van der Waals surface area contributed by atoms with Crippen LogP contribution in [-0.2, 0) is 5.75 Å². The maximum Gasteiger partial charge on any atom is 0.229 e. The summed E-state index contributed by atoms with van der Waals surface area (Å²) < 4.78 is 5.67. The molecule has 4 nitrogen and oxygen atoms in total. The third kappa shape index (κ3) is 4.49. The second-order valence-electron chi connectivity index (χ2n) is 6.40. The van der Waals surface area contributed by atoms with Crippen LogP contribution in [0.2, 0.25) is 0 Å². The first-order valence-corrected chi connectivity index (χ1v) is 8.13. The standard InChI is InChI=1S/C14H25N3OS/c1-14(2,3)19-9-12-16-13(18-17-12)11-6-4-10(8-15)5-7-11/h10-11H,4-9,15H2,1-3H3. The van der Waals surface area contributed by atoms with Crippen LogP contribution in [0.4, 0.5) is 0 Å². The number of rotatable bonds is 4. The van der Waals surface area contributed by atoms with E-state index in [9.17, 15) is 0 Å². The molecule has 1 saturated carbocycles. The summed E-state index contributed by atoms with van der Waals surface area (Å²) in [5.41, 5.74) is 5.72. The van der Waals surface area contributed by atoms with Gasteiger partial charge in [0.25, 0.3) is 0 Å². The first-order valence-electron chi connectivity index (χ1n) is 7.14. The molecule has 0 unspecified atom stereocenters. The minimum absolute atomic E-state index is 0.236. The molecule has 0 amide bonds. The van der Waals surface area contributed by atoms with Gasteiger partial charge in [-0.3, -0.25) is 0 Å². The summed E-state index contributed by atoms with van der Waals surface area (Å²) >= 11 is 1.85. The summed E-state index contributed by atoms with van der Waals surface area (Å²) in [4.78, 5) is 4.56. The van der Waals surface area contributed by atoms with Gasteiger partial charge in [0.1, 0.15) is 0 Å². The zero-order valence-electron chi connectivity index (χ0n) is 12.2. The van der Waals surface area contributed by atoms with Crippen LogP contribution in [0.25, 0.3) is 0 Å². The summed E-state index contributed by atoms with van der Waals surface area (Å²) in [5.74, 6) is 3.63. The van der Waals surface area contributed by atoms with Crippen LogP contribution >= 0.6 is 11.8 Å². The van der Waals surface area contributed by atoms with Gasteiger partial charge < -0.3 is 10.3 Å². The fourth-order valence-electron chi connectivity index (χ4n) is 2.42. The van der Waals surface area contributed by atoms with Crippen molar-refractivity contribution < 1.29 is 4.52 Å². The Balaban J connectivity index is 1.87. The van der Waals surface area contributed by atoms with Crippen LogP contribution in [0.15, 0.2) is 4.52 Å². The molecule has 1 aromatic rings. The van der Waals surface area contributed by atoms with Crippen LogP contribution < -0.4 is 5.73 Å². The van der Waals surface area contributed by atoms with Gasteiger partial charge in [0.2, 0.25) is 5.89 Å².